The molecule has 35 heavy (non-hydrogen) atoms. The van der Waals surface area contributed by atoms with Gasteiger partial charge in [0.15, 0.2) is 11.2 Å². The molecule has 0 saturated heterocycles. The van der Waals surface area contributed by atoms with Gasteiger partial charge in [-0.2, -0.15) is 0 Å². The number of fused-ring (bicyclic) bond motifs is 3. The van der Waals surface area contributed by atoms with Gasteiger partial charge in [0.2, 0.25) is 0 Å². The van der Waals surface area contributed by atoms with Gasteiger partial charge in [0, 0.05) is 18.1 Å². The monoisotopic (exact) mass is 478 g/mol. The van der Waals surface area contributed by atoms with Crippen molar-refractivity contribution in [3.05, 3.63) is 83.4 Å². The second-order valence-electron chi connectivity index (χ2n) is 8.74. The Kier molecular flexibility index (Phi) is 5.38. The van der Waals surface area contributed by atoms with Crippen molar-refractivity contribution in [1.82, 2.24) is 0 Å². The number of aliphatic hydroxyl groups excluding tert-OH is 1. The Bertz CT molecular complexity index is 1260. The first-order valence-corrected chi connectivity index (χ1v) is 11.1. The standard InChI is InChI=1S/C27H26O8/c1-32-18-11-9-16(10-12-18)27-22(15-7-5-4-6-8-15)21(25(30)34-3)24(29)26(27,31)23-19(33-2)13-17(28)14-20(23)35-27/h4-14,21-22,24,28-29,31H,1-3H3/t21-,22-,24-,26+,27+/m1/s1. The Morgan fingerprint density at radius 1 is 0.971 bits per heavy atom. The van der Waals surface area contributed by atoms with E-state index in [1.807, 2.05) is 30.3 Å². The summed E-state index contributed by atoms with van der Waals surface area (Å²) in [6.45, 7) is 0. The third-order valence-corrected chi connectivity index (χ3v) is 7.21. The van der Waals surface area contributed by atoms with Gasteiger partial charge in [-0.05, 0) is 23.3 Å². The van der Waals surface area contributed by atoms with Crippen LogP contribution < -0.4 is 14.2 Å². The molecule has 0 radical (unpaired) electrons. The normalized spacial score (nSPS) is 28.5. The summed E-state index contributed by atoms with van der Waals surface area (Å²) in [5, 5.41) is 34.6. The van der Waals surface area contributed by atoms with Gasteiger partial charge in [0.1, 0.15) is 29.1 Å². The van der Waals surface area contributed by atoms with Gasteiger partial charge in [0.05, 0.1) is 32.8 Å². The number of benzene rings is 3. The predicted octanol–water partition coefficient (Wildman–Crippen LogP) is 2.83. The van der Waals surface area contributed by atoms with E-state index < -0.39 is 35.1 Å². The number of phenolic OH excluding ortho intramolecular Hbond substituents is 1. The number of ether oxygens (including phenoxy) is 4. The van der Waals surface area contributed by atoms with Crippen molar-refractivity contribution in [3.8, 4) is 23.0 Å². The van der Waals surface area contributed by atoms with Crippen molar-refractivity contribution in [2.45, 2.75) is 23.2 Å². The van der Waals surface area contributed by atoms with Crippen molar-refractivity contribution in [1.29, 1.82) is 0 Å². The highest BCUT2D eigenvalue weighted by Crippen LogP contribution is 2.70. The molecule has 3 aromatic rings. The molecule has 0 aromatic heterocycles. The van der Waals surface area contributed by atoms with Crippen LogP contribution in [-0.4, -0.2) is 48.7 Å². The number of aromatic hydroxyl groups is 1. The summed E-state index contributed by atoms with van der Waals surface area (Å²) in [4.78, 5) is 13.1. The highest BCUT2D eigenvalue weighted by molar-refractivity contribution is 5.78. The molecule has 1 heterocycles. The number of carbonyl (C=O) groups is 1. The number of aliphatic hydroxyl groups is 2. The summed E-state index contributed by atoms with van der Waals surface area (Å²) in [5.41, 5.74) is -2.52. The van der Waals surface area contributed by atoms with Gasteiger partial charge in [0.25, 0.3) is 0 Å². The van der Waals surface area contributed by atoms with Crippen LogP contribution in [0.25, 0.3) is 0 Å². The van der Waals surface area contributed by atoms with E-state index in [1.165, 1.54) is 26.4 Å². The lowest BCUT2D eigenvalue weighted by molar-refractivity contribution is -0.161. The molecule has 8 nitrogen and oxygen atoms in total. The number of carbonyl (C=O) groups excluding carboxylic acids is 1. The molecule has 0 bridgehead atoms. The first-order chi connectivity index (χ1) is 16.8. The second-order valence-corrected chi connectivity index (χ2v) is 8.74. The van der Waals surface area contributed by atoms with Gasteiger partial charge in [-0.3, -0.25) is 4.79 Å². The molecule has 8 heteroatoms. The molecular formula is C27H26O8. The average Bonchev–Trinajstić information content (AvgIpc) is 3.26. The van der Waals surface area contributed by atoms with Crippen LogP contribution >= 0.6 is 0 Å². The Morgan fingerprint density at radius 3 is 2.26 bits per heavy atom. The van der Waals surface area contributed by atoms with Gasteiger partial charge in [-0.1, -0.05) is 42.5 Å². The number of esters is 1. The fourth-order valence-corrected chi connectivity index (χ4v) is 5.79. The number of hydrogen-bond donors (Lipinski definition) is 3. The van der Waals surface area contributed by atoms with E-state index in [-0.39, 0.29) is 22.8 Å². The van der Waals surface area contributed by atoms with Crippen LogP contribution in [0.4, 0.5) is 0 Å². The molecule has 1 aliphatic carbocycles. The lowest BCUT2D eigenvalue weighted by Crippen LogP contribution is -2.52. The molecule has 0 unspecified atom stereocenters. The maximum Gasteiger partial charge on any atom is 0.312 e. The van der Waals surface area contributed by atoms with Gasteiger partial charge >= 0.3 is 5.97 Å². The molecule has 5 rings (SSSR count). The van der Waals surface area contributed by atoms with Crippen molar-refractivity contribution >= 4 is 5.97 Å². The molecule has 0 amide bonds. The fourth-order valence-electron chi connectivity index (χ4n) is 5.79. The second kappa shape index (κ2) is 8.18. The molecule has 2 aliphatic rings. The first kappa shape index (κ1) is 23.0. The number of phenols is 1. The third-order valence-electron chi connectivity index (χ3n) is 7.21. The molecular weight excluding hydrogens is 452 g/mol. The quantitative estimate of drug-likeness (QED) is 0.480. The van der Waals surface area contributed by atoms with Crippen molar-refractivity contribution in [2.75, 3.05) is 21.3 Å². The zero-order chi connectivity index (χ0) is 25.0. The Hall–Kier alpha value is -3.75. The summed E-state index contributed by atoms with van der Waals surface area (Å²) in [5.74, 6) is -2.03. The Labute approximate surface area is 202 Å². The minimum atomic E-state index is -2.14. The van der Waals surface area contributed by atoms with Gasteiger partial charge in [-0.15, -0.1) is 0 Å². The third kappa shape index (κ3) is 2.96. The maximum atomic E-state index is 13.1. The summed E-state index contributed by atoms with van der Waals surface area (Å²) >= 11 is 0. The van der Waals surface area contributed by atoms with Crippen LogP contribution in [0.3, 0.4) is 0 Å². The lowest BCUT2D eigenvalue weighted by Gasteiger charge is -2.40. The largest absolute Gasteiger partial charge is 0.508 e. The average molecular weight is 478 g/mol. The van der Waals surface area contributed by atoms with E-state index in [0.717, 1.165) is 0 Å². The highest BCUT2D eigenvalue weighted by atomic mass is 16.5. The molecule has 5 atom stereocenters. The lowest BCUT2D eigenvalue weighted by atomic mass is 9.70. The fraction of sp³-hybridized carbons (Fsp3) is 0.296. The van der Waals surface area contributed by atoms with E-state index in [0.29, 0.717) is 16.9 Å². The molecule has 182 valence electrons. The first-order valence-electron chi connectivity index (χ1n) is 11.1. The Balaban J connectivity index is 1.88. The van der Waals surface area contributed by atoms with Crippen LogP contribution in [0.2, 0.25) is 0 Å². The number of rotatable bonds is 5. The molecule has 1 aliphatic heterocycles. The zero-order valence-corrected chi connectivity index (χ0v) is 19.5. The van der Waals surface area contributed by atoms with Crippen LogP contribution in [0.5, 0.6) is 23.0 Å². The topological polar surface area (TPSA) is 115 Å². The van der Waals surface area contributed by atoms with Gasteiger partial charge < -0.3 is 34.3 Å². The molecule has 1 saturated carbocycles. The number of methoxy groups -OCH3 is 3. The van der Waals surface area contributed by atoms with Crippen molar-refractivity contribution in [2.24, 2.45) is 5.92 Å². The van der Waals surface area contributed by atoms with Crippen LogP contribution in [-0.2, 0) is 20.7 Å². The SMILES string of the molecule is COC(=O)[C@H]1[C@@H](O)[C@@]2(O)c3c(OC)cc(O)cc3O[C@@]2(c2ccc(OC)cc2)[C@@H]1c1ccccc1. The Morgan fingerprint density at radius 2 is 1.66 bits per heavy atom. The van der Waals surface area contributed by atoms with E-state index in [2.05, 4.69) is 0 Å². The molecule has 1 fully saturated rings. The van der Waals surface area contributed by atoms with Crippen LogP contribution in [0, 0.1) is 5.92 Å². The van der Waals surface area contributed by atoms with Crippen molar-refractivity contribution in [3.63, 3.8) is 0 Å². The summed E-state index contributed by atoms with van der Waals surface area (Å²) < 4.78 is 22.5. The predicted molar refractivity (Wildman–Crippen MR) is 125 cm³/mol. The zero-order valence-electron chi connectivity index (χ0n) is 19.5. The summed E-state index contributed by atoms with van der Waals surface area (Å²) in [6, 6.07) is 18.6. The van der Waals surface area contributed by atoms with Gasteiger partial charge in [-0.25, -0.2) is 0 Å². The molecule has 3 aromatic carbocycles. The van der Waals surface area contributed by atoms with E-state index in [1.54, 1.807) is 31.4 Å². The van der Waals surface area contributed by atoms with Crippen LogP contribution in [0.1, 0.15) is 22.6 Å². The maximum absolute atomic E-state index is 13.1. The highest BCUT2D eigenvalue weighted by Gasteiger charge is 2.78. The van der Waals surface area contributed by atoms with E-state index in [4.69, 9.17) is 18.9 Å². The van der Waals surface area contributed by atoms with Crippen molar-refractivity contribution < 1.29 is 39.1 Å². The minimum absolute atomic E-state index is 0.120. The molecule has 3 N–H and O–H groups in total. The van der Waals surface area contributed by atoms with E-state index >= 15 is 0 Å². The smallest absolute Gasteiger partial charge is 0.312 e. The summed E-state index contributed by atoms with van der Waals surface area (Å²) in [7, 11) is 4.17. The number of hydrogen-bond acceptors (Lipinski definition) is 8. The molecule has 0 spiro atoms. The van der Waals surface area contributed by atoms with Crippen LogP contribution in [0.15, 0.2) is 66.7 Å². The van der Waals surface area contributed by atoms with E-state index in [9.17, 15) is 20.1 Å². The summed E-state index contributed by atoms with van der Waals surface area (Å²) in [6.07, 6.45) is -1.64. The minimum Gasteiger partial charge on any atom is -0.508 e.